The number of hydrogen-bond donors (Lipinski definition) is 1. The third-order valence-corrected chi connectivity index (χ3v) is 3.68. The molecule has 4 heteroatoms. The minimum Gasteiger partial charge on any atom is -0.384 e. The summed E-state index contributed by atoms with van der Waals surface area (Å²) in [7, 11) is 0. The topological polar surface area (TPSA) is 28.2 Å². The van der Waals surface area contributed by atoms with Crippen molar-refractivity contribution in [3.8, 4) is 0 Å². The molecule has 0 aliphatic heterocycles. The summed E-state index contributed by atoms with van der Waals surface area (Å²) >= 11 is 3.48. The Morgan fingerprint density at radius 2 is 2.00 bits per heavy atom. The highest BCUT2D eigenvalue weighted by molar-refractivity contribution is 9.10. The van der Waals surface area contributed by atoms with Crippen molar-refractivity contribution in [2.24, 2.45) is 0 Å². The Morgan fingerprint density at radius 1 is 1.20 bits per heavy atom. The van der Waals surface area contributed by atoms with Crippen molar-refractivity contribution >= 4 is 21.6 Å². The molecule has 0 saturated heterocycles. The largest absolute Gasteiger partial charge is 0.384 e. The lowest BCUT2D eigenvalue weighted by Crippen LogP contribution is -2.28. The first kappa shape index (κ1) is 15.0. The molecule has 1 N–H and O–H groups in total. The summed E-state index contributed by atoms with van der Waals surface area (Å²) in [5.74, 6) is 0. The van der Waals surface area contributed by atoms with Crippen LogP contribution in [0.25, 0.3) is 0 Å². The van der Waals surface area contributed by atoms with Crippen LogP contribution in [0.2, 0.25) is 0 Å². The molecular formula is C16H20BrN3. The van der Waals surface area contributed by atoms with E-state index in [0.717, 1.165) is 36.3 Å². The van der Waals surface area contributed by atoms with Crippen LogP contribution < -0.4 is 5.32 Å². The number of likely N-dealkylation sites (N-methyl/N-ethyl adjacent to an activating group) is 1. The first-order valence-electron chi connectivity index (χ1n) is 6.88. The van der Waals surface area contributed by atoms with Crippen molar-refractivity contribution in [3.05, 3.63) is 58.8 Å². The van der Waals surface area contributed by atoms with Gasteiger partial charge >= 0.3 is 0 Å². The van der Waals surface area contributed by atoms with Crippen molar-refractivity contribution in [1.82, 2.24) is 9.88 Å². The van der Waals surface area contributed by atoms with Gasteiger partial charge in [-0.3, -0.25) is 9.88 Å². The van der Waals surface area contributed by atoms with Gasteiger partial charge in [0.05, 0.1) is 0 Å². The third kappa shape index (κ3) is 4.94. The van der Waals surface area contributed by atoms with E-state index in [1.807, 2.05) is 24.5 Å². The lowest BCUT2D eigenvalue weighted by Gasteiger charge is -2.21. The molecule has 0 amide bonds. The smallest absolute Gasteiger partial charge is 0.0351 e. The van der Waals surface area contributed by atoms with Gasteiger partial charge in [-0.15, -0.1) is 0 Å². The minimum atomic E-state index is 0.940. The van der Waals surface area contributed by atoms with Gasteiger partial charge in [-0.05, 0) is 42.4 Å². The van der Waals surface area contributed by atoms with E-state index < -0.39 is 0 Å². The molecule has 0 aliphatic carbocycles. The zero-order valence-corrected chi connectivity index (χ0v) is 13.3. The lowest BCUT2D eigenvalue weighted by molar-refractivity contribution is 0.291. The Hall–Kier alpha value is -1.39. The van der Waals surface area contributed by atoms with Crippen molar-refractivity contribution in [2.45, 2.75) is 13.5 Å². The molecule has 0 radical (unpaired) electrons. The number of anilines is 1. The summed E-state index contributed by atoms with van der Waals surface area (Å²) in [4.78, 5) is 6.47. The highest BCUT2D eigenvalue weighted by Gasteiger charge is 2.03. The van der Waals surface area contributed by atoms with E-state index in [-0.39, 0.29) is 0 Å². The number of halogens is 1. The second-order valence-electron chi connectivity index (χ2n) is 4.66. The predicted octanol–water partition coefficient (Wildman–Crippen LogP) is 3.78. The molecular weight excluding hydrogens is 314 g/mol. The van der Waals surface area contributed by atoms with Crippen molar-refractivity contribution in [2.75, 3.05) is 25.0 Å². The Labute approximate surface area is 129 Å². The van der Waals surface area contributed by atoms with Crippen LogP contribution in [-0.4, -0.2) is 29.5 Å². The second kappa shape index (κ2) is 8.02. The van der Waals surface area contributed by atoms with E-state index in [2.05, 4.69) is 62.3 Å². The summed E-state index contributed by atoms with van der Waals surface area (Å²) in [6.07, 6.45) is 3.70. The number of hydrogen-bond acceptors (Lipinski definition) is 3. The average Bonchev–Trinajstić information content (AvgIpc) is 2.47. The summed E-state index contributed by atoms with van der Waals surface area (Å²) < 4.78 is 1.10. The van der Waals surface area contributed by atoms with E-state index in [0.29, 0.717) is 0 Å². The van der Waals surface area contributed by atoms with Crippen molar-refractivity contribution in [3.63, 3.8) is 0 Å². The maximum Gasteiger partial charge on any atom is 0.0351 e. The quantitative estimate of drug-likeness (QED) is 0.835. The molecule has 0 saturated carbocycles. The molecule has 0 spiro atoms. The van der Waals surface area contributed by atoms with E-state index in [4.69, 9.17) is 0 Å². The van der Waals surface area contributed by atoms with Gasteiger partial charge in [0.1, 0.15) is 0 Å². The zero-order valence-electron chi connectivity index (χ0n) is 11.7. The number of rotatable bonds is 7. The molecule has 3 nitrogen and oxygen atoms in total. The Balaban J connectivity index is 1.79. The van der Waals surface area contributed by atoms with Crippen LogP contribution in [0.5, 0.6) is 0 Å². The van der Waals surface area contributed by atoms with E-state index in [1.165, 1.54) is 5.56 Å². The fraction of sp³-hybridized carbons (Fsp3) is 0.312. The second-order valence-corrected chi connectivity index (χ2v) is 5.58. The summed E-state index contributed by atoms with van der Waals surface area (Å²) in [5, 5.41) is 3.45. The SMILES string of the molecule is CCN(CCNc1cccc(Br)c1)Cc1ccncc1. The lowest BCUT2D eigenvalue weighted by atomic mass is 10.2. The third-order valence-electron chi connectivity index (χ3n) is 3.18. The highest BCUT2D eigenvalue weighted by atomic mass is 79.9. The monoisotopic (exact) mass is 333 g/mol. The van der Waals surface area contributed by atoms with Crippen LogP contribution in [0.15, 0.2) is 53.3 Å². The fourth-order valence-corrected chi connectivity index (χ4v) is 2.45. The van der Waals surface area contributed by atoms with Crippen molar-refractivity contribution in [1.29, 1.82) is 0 Å². The van der Waals surface area contributed by atoms with Gasteiger partial charge in [-0.25, -0.2) is 0 Å². The fourth-order valence-electron chi connectivity index (χ4n) is 2.05. The van der Waals surface area contributed by atoms with Gasteiger partial charge < -0.3 is 5.32 Å². The number of nitrogens with one attached hydrogen (secondary N) is 1. The number of aromatic nitrogens is 1. The first-order valence-corrected chi connectivity index (χ1v) is 7.68. The van der Waals surface area contributed by atoms with Crippen LogP contribution in [0.3, 0.4) is 0 Å². The normalized spacial score (nSPS) is 10.8. The van der Waals surface area contributed by atoms with Gasteiger partial charge in [-0.1, -0.05) is 28.9 Å². The van der Waals surface area contributed by atoms with E-state index >= 15 is 0 Å². The molecule has 20 heavy (non-hydrogen) atoms. The predicted molar refractivity (Wildman–Crippen MR) is 87.8 cm³/mol. The van der Waals surface area contributed by atoms with Crippen LogP contribution in [-0.2, 0) is 6.54 Å². The van der Waals surface area contributed by atoms with Crippen molar-refractivity contribution < 1.29 is 0 Å². The summed E-state index contributed by atoms with van der Waals surface area (Å²) in [5.41, 5.74) is 2.46. The average molecular weight is 334 g/mol. The summed E-state index contributed by atoms with van der Waals surface area (Å²) in [6.45, 7) is 6.17. The molecule has 0 aliphatic rings. The maximum atomic E-state index is 4.05. The van der Waals surface area contributed by atoms with Gasteiger partial charge in [-0.2, -0.15) is 0 Å². The molecule has 0 atom stereocenters. The Kier molecular flexibility index (Phi) is 6.02. The van der Waals surface area contributed by atoms with E-state index in [9.17, 15) is 0 Å². The Morgan fingerprint density at radius 3 is 2.70 bits per heavy atom. The highest BCUT2D eigenvalue weighted by Crippen LogP contribution is 2.15. The Bertz CT molecular complexity index is 516. The summed E-state index contributed by atoms with van der Waals surface area (Å²) in [6, 6.07) is 12.4. The number of nitrogens with zero attached hydrogens (tertiary/aromatic N) is 2. The molecule has 0 fully saturated rings. The van der Waals surface area contributed by atoms with Gasteiger partial charge in [0.2, 0.25) is 0 Å². The zero-order chi connectivity index (χ0) is 14.2. The molecule has 1 heterocycles. The van der Waals surface area contributed by atoms with Crippen LogP contribution >= 0.6 is 15.9 Å². The number of benzene rings is 1. The maximum absolute atomic E-state index is 4.05. The van der Waals surface area contributed by atoms with Crippen LogP contribution in [0.4, 0.5) is 5.69 Å². The van der Waals surface area contributed by atoms with Gasteiger partial charge in [0, 0.05) is 42.2 Å². The van der Waals surface area contributed by atoms with Crippen LogP contribution in [0, 0.1) is 0 Å². The van der Waals surface area contributed by atoms with Crippen LogP contribution in [0.1, 0.15) is 12.5 Å². The number of pyridine rings is 1. The first-order chi connectivity index (χ1) is 9.78. The molecule has 2 aromatic rings. The standard InChI is InChI=1S/C16H20BrN3/c1-2-20(13-14-6-8-18-9-7-14)11-10-19-16-5-3-4-15(17)12-16/h3-9,12,19H,2,10-11,13H2,1H3. The van der Waals surface area contributed by atoms with E-state index in [1.54, 1.807) is 0 Å². The molecule has 1 aromatic heterocycles. The molecule has 0 unspecified atom stereocenters. The molecule has 106 valence electrons. The molecule has 2 rings (SSSR count). The molecule has 1 aromatic carbocycles. The van der Waals surface area contributed by atoms with Gasteiger partial charge in [0.25, 0.3) is 0 Å². The molecule has 0 bridgehead atoms. The minimum absolute atomic E-state index is 0.940. The van der Waals surface area contributed by atoms with Gasteiger partial charge in [0.15, 0.2) is 0 Å².